The van der Waals surface area contributed by atoms with Gasteiger partial charge in [-0.15, -0.1) is 0 Å². The molecule has 1 aromatic heterocycles. The molecule has 0 unspecified atom stereocenters. The van der Waals surface area contributed by atoms with E-state index in [1.54, 1.807) is 36.2 Å². The first-order valence-corrected chi connectivity index (χ1v) is 9.63. The molecule has 34 heavy (non-hydrogen) atoms. The fourth-order valence-electron chi connectivity index (χ4n) is 2.91. The van der Waals surface area contributed by atoms with Gasteiger partial charge in [0.2, 0.25) is 5.91 Å². The van der Waals surface area contributed by atoms with Crippen LogP contribution in [0.4, 0.5) is 26.3 Å². The van der Waals surface area contributed by atoms with Gasteiger partial charge in [0.1, 0.15) is 5.82 Å². The van der Waals surface area contributed by atoms with E-state index >= 15 is 0 Å². The molecule has 0 spiro atoms. The number of carbonyl (C=O) groups is 2. The van der Waals surface area contributed by atoms with Crippen LogP contribution in [0.15, 0.2) is 29.1 Å². The predicted molar refractivity (Wildman–Crippen MR) is 107 cm³/mol. The van der Waals surface area contributed by atoms with Crippen LogP contribution in [0.5, 0.6) is 0 Å². The van der Waals surface area contributed by atoms with E-state index in [9.17, 15) is 35.9 Å². The summed E-state index contributed by atoms with van der Waals surface area (Å²) in [4.78, 5) is 42.2. The maximum Gasteiger partial charge on any atom is 0.490 e. The Bertz CT molecular complexity index is 1100. The molecule has 2 aromatic rings. The number of carboxylic acid groups (broad SMARTS) is 1. The third-order valence-electron chi connectivity index (χ3n) is 4.83. The Labute approximate surface area is 188 Å². The molecule has 186 valence electrons. The first-order valence-electron chi connectivity index (χ1n) is 9.63. The average molecular weight is 494 g/mol. The lowest BCUT2D eigenvalue weighted by molar-refractivity contribution is -0.192. The first-order chi connectivity index (χ1) is 15.6. The normalized spacial score (nSPS) is 15.1. The number of alkyl halides is 6. The number of benzene rings is 1. The molecule has 1 aromatic carbocycles. The van der Waals surface area contributed by atoms with Gasteiger partial charge in [-0.1, -0.05) is 24.3 Å². The number of aliphatic carboxylic acids is 1. The SMILES string of the molecule is Cc1c(C(F)(F)F)nc(-c2ccc(CN3CCN(C)C(=O)C3)cc2)[nH]c1=O.O=C(O)C(F)(F)F. The van der Waals surface area contributed by atoms with Crippen LogP contribution in [0.1, 0.15) is 16.8 Å². The van der Waals surface area contributed by atoms with Crippen LogP contribution in [0.25, 0.3) is 11.4 Å². The Morgan fingerprint density at radius 2 is 1.65 bits per heavy atom. The summed E-state index contributed by atoms with van der Waals surface area (Å²) < 4.78 is 70.9. The number of aromatic nitrogens is 2. The summed E-state index contributed by atoms with van der Waals surface area (Å²) in [6.45, 7) is 3.40. The Hall–Kier alpha value is -3.42. The van der Waals surface area contributed by atoms with Crippen molar-refractivity contribution in [3.8, 4) is 11.4 Å². The number of halogens is 6. The third-order valence-corrected chi connectivity index (χ3v) is 4.83. The molecule has 2 heterocycles. The summed E-state index contributed by atoms with van der Waals surface area (Å²) >= 11 is 0. The van der Waals surface area contributed by atoms with Gasteiger partial charge >= 0.3 is 18.3 Å². The standard InChI is InChI=1S/C18H19F3N4O2.C2HF3O2/c1-11-15(18(19,20)21)22-16(23-17(11)27)13-5-3-12(4-6-13)9-25-8-7-24(2)14(26)10-25;3-2(4,5)1(6)7/h3-6H,7-10H2,1-2H3,(H,22,23,27);(H,6,7). The molecule has 1 fully saturated rings. The number of aromatic amines is 1. The predicted octanol–water partition coefficient (Wildman–Crippen LogP) is 2.67. The molecule has 0 bridgehead atoms. The summed E-state index contributed by atoms with van der Waals surface area (Å²) in [6.07, 6.45) is -9.78. The first kappa shape index (κ1) is 26.8. The number of hydrogen-bond donors (Lipinski definition) is 2. The number of carbonyl (C=O) groups excluding carboxylic acids is 1. The summed E-state index contributed by atoms with van der Waals surface area (Å²) in [7, 11) is 1.76. The summed E-state index contributed by atoms with van der Waals surface area (Å²) in [6, 6.07) is 6.73. The Balaban J connectivity index is 0.000000509. The van der Waals surface area contributed by atoms with E-state index in [4.69, 9.17) is 9.90 Å². The molecule has 0 radical (unpaired) electrons. The molecule has 1 aliphatic heterocycles. The van der Waals surface area contributed by atoms with Crippen molar-refractivity contribution in [3.63, 3.8) is 0 Å². The number of H-pyrrole nitrogens is 1. The van der Waals surface area contributed by atoms with Crippen molar-refractivity contribution in [1.29, 1.82) is 0 Å². The molecular weight excluding hydrogens is 474 g/mol. The van der Waals surface area contributed by atoms with Crippen LogP contribution >= 0.6 is 0 Å². The number of amides is 1. The third kappa shape index (κ3) is 7.04. The van der Waals surface area contributed by atoms with Gasteiger partial charge in [-0.05, 0) is 12.5 Å². The number of nitrogens with zero attached hydrogens (tertiary/aromatic N) is 3. The number of likely N-dealkylation sites (N-methyl/N-ethyl adjacent to an activating group) is 1. The van der Waals surface area contributed by atoms with Crippen LogP contribution in [0.2, 0.25) is 0 Å². The second kappa shape index (κ2) is 10.2. The Kier molecular flexibility index (Phi) is 8.08. The fraction of sp³-hybridized carbons (Fsp3) is 0.400. The number of carboxylic acids is 1. The van der Waals surface area contributed by atoms with Gasteiger partial charge in [-0.25, -0.2) is 9.78 Å². The minimum Gasteiger partial charge on any atom is -0.475 e. The molecule has 1 aliphatic rings. The topological polar surface area (TPSA) is 107 Å². The quantitative estimate of drug-likeness (QED) is 0.636. The van der Waals surface area contributed by atoms with Crippen molar-refractivity contribution in [3.05, 3.63) is 51.4 Å². The van der Waals surface area contributed by atoms with E-state index in [0.717, 1.165) is 19.0 Å². The fourth-order valence-corrected chi connectivity index (χ4v) is 2.91. The summed E-state index contributed by atoms with van der Waals surface area (Å²) in [5.41, 5.74) is -1.14. The van der Waals surface area contributed by atoms with Crippen LogP contribution in [0, 0.1) is 6.92 Å². The molecule has 1 amide bonds. The van der Waals surface area contributed by atoms with E-state index in [0.29, 0.717) is 25.2 Å². The molecule has 3 rings (SSSR count). The van der Waals surface area contributed by atoms with Gasteiger partial charge in [-0.2, -0.15) is 26.3 Å². The van der Waals surface area contributed by atoms with Gasteiger partial charge in [0, 0.05) is 37.8 Å². The van der Waals surface area contributed by atoms with Crippen molar-refractivity contribution in [2.75, 3.05) is 26.7 Å². The van der Waals surface area contributed by atoms with Gasteiger partial charge in [-0.3, -0.25) is 14.5 Å². The second-order valence-corrected chi connectivity index (χ2v) is 7.41. The minimum atomic E-state index is -5.08. The van der Waals surface area contributed by atoms with E-state index in [2.05, 4.69) is 9.97 Å². The minimum absolute atomic E-state index is 0.0546. The number of hydrogen-bond acceptors (Lipinski definition) is 5. The Morgan fingerprint density at radius 3 is 2.12 bits per heavy atom. The van der Waals surface area contributed by atoms with Crippen molar-refractivity contribution in [2.24, 2.45) is 0 Å². The largest absolute Gasteiger partial charge is 0.490 e. The van der Waals surface area contributed by atoms with Crippen LogP contribution in [-0.2, 0) is 22.3 Å². The van der Waals surface area contributed by atoms with Gasteiger partial charge in [0.15, 0.2) is 5.69 Å². The zero-order valence-corrected chi connectivity index (χ0v) is 17.9. The highest BCUT2D eigenvalue weighted by atomic mass is 19.4. The molecular formula is C20H20F6N4O4. The number of rotatable bonds is 3. The number of piperazine rings is 1. The molecule has 1 saturated heterocycles. The molecule has 0 atom stereocenters. The number of nitrogens with one attached hydrogen (secondary N) is 1. The van der Waals surface area contributed by atoms with E-state index in [1.165, 1.54) is 0 Å². The van der Waals surface area contributed by atoms with Crippen molar-refractivity contribution < 1.29 is 41.0 Å². The molecule has 2 N–H and O–H groups in total. The Morgan fingerprint density at radius 1 is 1.09 bits per heavy atom. The van der Waals surface area contributed by atoms with Gasteiger partial charge in [0.25, 0.3) is 5.56 Å². The highest BCUT2D eigenvalue weighted by molar-refractivity contribution is 5.78. The molecule has 0 saturated carbocycles. The molecule has 0 aliphatic carbocycles. The smallest absolute Gasteiger partial charge is 0.475 e. The molecule has 8 nitrogen and oxygen atoms in total. The summed E-state index contributed by atoms with van der Waals surface area (Å²) in [5, 5.41) is 7.12. The molecule has 14 heteroatoms. The van der Waals surface area contributed by atoms with Crippen molar-refractivity contribution >= 4 is 11.9 Å². The average Bonchev–Trinajstić information content (AvgIpc) is 2.72. The van der Waals surface area contributed by atoms with Gasteiger partial charge < -0.3 is 15.0 Å². The van der Waals surface area contributed by atoms with E-state index in [-0.39, 0.29) is 11.7 Å². The van der Waals surface area contributed by atoms with Crippen LogP contribution < -0.4 is 5.56 Å². The zero-order valence-electron chi connectivity index (χ0n) is 17.9. The van der Waals surface area contributed by atoms with Crippen molar-refractivity contribution in [2.45, 2.75) is 25.8 Å². The highest BCUT2D eigenvalue weighted by Crippen LogP contribution is 2.30. The van der Waals surface area contributed by atoms with E-state index in [1.807, 2.05) is 4.90 Å². The van der Waals surface area contributed by atoms with Gasteiger partial charge in [0.05, 0.1) is 6.54 Å². The highest BCUT2D eigenvalue weighted by Gasteiger charge is 2.38. The lowest BCUT2D eigenvalue weighted by Crippen LogP contribution is -2.47. The van der Waals surface area contributed by atoms with Crippen LogP contribution in [0.3, 0.4) is 0 Å². The monoisotopic (exact) mass is 494 g/mol. The van der Waals surface area contributed by atoms with Crippen molar-refractivity contribution in [1.82, 2.24) is 19.8 Å². The zero-order chi connectivity index (χ0) is 25.8. The van der Waals surface area contributed by atoms with Crippen LogP contribution in [-0.4, -0.2) is 69.6 Å². The van der Waals surface area contributed by atoms with E-state index < -0.39 is 35.1 Å². The maximum atomic E-state index is 13.1. The summed E-state index contributed by atoms with van der Waals surface area (Å²) in [5.74, 6) is -2.83. The maximum absolute atomic E-state index is 13.1. The lowest BCUT2D eigenvalue weighted by atomic mass is 10.1. The lowest BCUT2D eigenvalue weighted by Gasteiger charge is -2.31. The second-order valence-electron chi connectivity index (χ2n) is 7.41.